The minimum absolute atomic E-state index is 0.102. The maximum atomic E-state index is 12.4. The quantitative estimate of drug-likeness (QED) is 0.763. The SMILES string of the molecule is COC1C=C(c2ccc(Cl)cc2N)N=C(C)N1CC(=O)NC1(C)COC1. The van der Waals surface area contributed by atoms with Crippen LogP contribution in [-0.2, 0) is 14.3 Å². The lowest BCUT2D eigenvalue weighted by molar-refractivity contribution is -0.132. The smallest absolute Gasteiger partial charge is 0.240 e. The zero-order valence-corrected chi connectivity index (χ0v) is 15.8. The van der Waals surface area contributed by atoms with Crippen LogP contribution in [0.4, 0.5) is 5.69 Å². The summed E-state index contributed by atoms with van der Waals surface area (Å²) in [6.45, 7) is 5.00. The normalized spacial score (nSPS) is 21.5. The summed E-state index contributed by atoms with van der Waals surface area (Å²) in [5, 5.41) is 3.56. The topological polar surface area (TPSA) is 89.2 Å². The summed E-state index contributed by atoms with van der Waals surface area (Å²) in [5.74, 6) is 0.573. The first-order valence-electron chi connectivity index (χ1n) is 8.32. The molecule has 8 heteroatoms. The van der Waals surface area contributed by atoms with Crippen LogP contribution in [0, 0.1) is 0 Å². The van der Waals surface area contributed by atoms with Gasteiger partial charge in [-0.3, -0.25) is 4.79 Å². The monoisotopic (exact) mass is 378 g/mol. The highest BCUT2D eigenvalue weighted by Gasteiger charge is 2.36. The van der Waals surface area contributed by atoms with E-state index in [2.05, 4.69) is 10.3 Å². The Bertz CT molecular complexity index is 774. The number of ether oxygens (including phenoxy) is 2. The molecule has 7 nitrogen and oxygen atoms in total. The molecule has 26 heavy (non-hydrogen) atoms. The number of aliphatic imine (C=N–C) groups is 1. The number of amides is 1. The zero-order valence-electron chi connectivity index (χ0n) is 15.1. The third-order valence-electron chi connectivity index (χ3n) is 4.43. The van der Waals surface area contributed by atoms with Crippen molar-refractivity contribution in [3.63, 3.8) is 0 Å². The first-order valence-corrected chi connectivity index (χ1v) is 8.70. The summed E-state index contributed by atoms with van der Waals surface area (Å²) in [7, 11) is 1.59. The minimum Gasteiger partial charge on any atom is -0.398 e. The van der Waals surface area contributed by atoms with E-state index >= 15 is 0 Å². The fourth-order valence-electron chi connectivity index (χ4n) is 3.01. The van der Waals surface area contributed by atoms with Crippen molar-refractivity contribution in [1.82, 2.24) is 10.2 Å². The molecule has 0 radical (unpaired) electrons. The standard InChI is InChI=1S/C18H23ClN4O3/c1-11-21-15(13-5-4-12(19)6-14(13)20)7-17(25-3)23(11)8-16(24)22-18(2)9-26-10-18/h4-7,17H,8-10,20H2,1-3H3,(H,22,24). The van der Waals surface area contributed by atoms with E-state index in [0.29, 0.717) is 35.5 Å². The Morgan fingerprint density at radius 2 is 2.27 bits per heavy atom. The Labute approximate surface area is 157 Å². The fourth-order valence-corrected chi connectivity index (χ4v) is 3.19. The molecule has 1 unspecified atom stereocenters. The second-order valence-electron chi connectivity index (χ2n) is 6.80. The van der Waals surface area contributed by atoms with E-state index in [1.165, 1.54) is 0 Å². The lowest BCUT2D eigenvalue weighted by Gasteiger charge is -2.40. The second-order valence-corrected chi connectivity index (χ2v) is 7.23. The molecule has 2 heterocycles. The van der Waals surface area contributed by atoms with Crippen LogP contribution in [0.5, 0.6) is 0 Å². The molecule has 1 atom stereocenters. The summed E-state index contributed by atoms with van der Waals surface area (Å²) >= 11 is 5.97. The Kier molecular flexibility index (Phi) is 5.22. The van der Waals surface area contributed by atoms with Crippen LogP contribution in [-0.4, -0.2) is 55.3 Å². The lowest BCUT2D eigenvalue weighted by atomic mass is 10.0. The van der Waals surface area contributed by atoms with Gasteiger partial charge in [-0.1, -0.05) is 11.6 Å². The van der Waals surface area contributed by atoms with Crippen LogP contribution in [0.1, 0.15) is 19.4 Å². The maximum Gasteiger partial charge on any atom is 0.240 e. The predicted molar refractivity (Wildman–Crippen MR) is 102 cm³/mol. The third-order valence-corrected chi connectivity index (χ3v) is 4.67. The van der Waals surface area contributed by atoms with Gasteiger partial charge in [-0.15, -0.1) is 0 Å². The van der Waals surface area contributed by atoms with Crippen molar-refractivity contribution in [2.45, 2.75) is 25.6 Å². The first-order chi connectivity index (χ1) is 12.3. The predicted octanol–water partition coefficient (Wildman–Crippen LogP) is 1.87. The van der Waals surface area contributed by atoms with Gasteiger partial charge in [0, 0.05) is 23.4 Å². The van der Waals surface area contributed by atoms with Crippen LogP contribution in [0.15, 0.2) is 29.3 Å². The Balaban J connectivity index is 1.77. The van der Waals surface area contributed by atoms with Crippen molar-refractivity contribution in [2.75, 3.05) is 32.6 Å². The number of amidine groups is 1. The molecule has 1 amide bonds. The summed E-state index contributed by atoms with van der Waals surface area (Å²) in [4.78, 5) is 18.8. The molecule has 140 valence electrons. The van der Waals surface area contributed by atoms with Crippen molar-refractivity contribution >= 4 is 34.7 Å². The average molecular weight is 379 g/mol. The highest BCUT2D eigenvalue weighted by atomic mass is 35.5. The summed E-state index contributed by atoms with van der Waals surface area (Å²) < 4.78 is 10.7. The molecular weight excluding hydrogens is 356 g/mol. The number of hydrogen-bond acceptors (Lipinski definition) is 6. The van der Waals surface area contributed by atoms with Crippen LogP contribution < -0.4 is 11.1 Å². The van der Waals surface area contributed by atoms with Gasteiger partial charge in [0.1, 0.15) is 12.4 Å². The molecule has 1 fully saturated rings. The summed E-state index contributed by atoms with van der Waals surface area (Å²) in [6, 6.07) is 5.28. The number of nitrogen functional groups attached to an aromatic ring is 1. The summed E-state index contributed by atoms with van der Waals surface area (Å²) in [6.07, 6.45) is 1.42. The van der Waals surface area contributed by atoms with Gasteiger partial charge in [0.15, 0.2) is 6.23 Å². The highest BCUT2D eigenvalue weighted by Crippen LogP contribution is 2.29. The van der Waals surface area contributed by atoms with Crippen LogP contribution in [0.2, 0.25) is 5.02 Å². The van der Waals surface area contributed by atoms with Crippen molar-refractivity contribution in [1.29, 1.82) is 0 Å². The maximum absolute atomic E-state index is 12.4. The van der Waals surface area contributed by atoms with Crippen molar-refractivity contribution < 1.29 is 14.3 Å². The van der Waals surface area contributed by atoms with Crippen LogP contribution in [0.3, 0.4) is 0 Å². The number of carbonyl (C=O) groups excluding carboxylic acids is 1. The fraction of sp³-hybridized carbons (Fsp3) is 0.444. The molecule has 2 aliphatic rings. The van der Waals surface area contributed by atoms with Crippen molar-refractivity contribution in [2.24, 2.45) is 4.99 Å². The van der Waals surface area contributed by atoms with Crippen LogP contribution >= 0.6 is 11.6 Å². The molecule has 0 saturated carbocycles. The largest absolute Gasteiger partial charge is 0.398 e. The molecule has 3 rings (SSSR count). The molecule has 1 aromatic carbocycles. The number of nitrogens with one attached hydrogen (secondary N) is 1. The number of anilines is 1. The van der Waals surface area contributed by atoms with Gasteiger partial charge in [-0.25, -0.2) is 4.99 Å². The zero-order chi connectivity index (χ0) is 18.9. The van der Waals surface area contributed by atoms with Gasteiger partial charge in [-0.05, 0) is 38.1 Å². The van der Waals surface area contributed by atoms with Crippen molar-refractivity contribution in [3.05, 3.63) is 34.9 Å². The Hall–Kier alpha value is -2.09. The third kappa shape index (κ3) is 3.85. The van der Waals surface area contributed by atoms with Crippen molar-refractivity contribution in [3.8, 4) is 0 Å². The molecule has 1 aromatic rings. The van der Waals surface area contributed by atoms with Gasteiger partial charge < -0.3 is 25.4 Å². The average Bonchev–Trinajstić information content (AvgIpc) is 2.55. The van der Waals surface area contributed by atoms with E-state index in [9.17, 15) is 4.79 Å². The molecule has 0 aromatic heterocycles. The minimum atomic E-state index is -0.422. The molecule has 3 N–H and O–H groups in total. The molecule has 2 aliphatic heterocycles. The number of hydrogen-bond donors (Lipinski definition) is 2. The molecule has 0 spiro atoms. The van der Waals surface area contributed by atoms with Gasteiger partial charge >= 0.3 is 0 Å². The highest BCUT2D eigenvalue weighted by molar-refractivity contribution is 6.31. The van der Waals surface area contributed by atoms with Gasteiger partial charge in [0.05, 0.1) is 24.4 Å². The number of carbonyl (C=O) groups is 1. The number of methoxy groups -OCH3 is 1. The van der Waals surface area contributed by atoms with E-state index in [4.69, 9.17) is 26.8 Å². The van der Waals surface area contributed by atoms with E-state index in [1.807, 2.05) is 26.0 Å². The van der Waals surface area contributed by atoms with Gasteiger partial charge in [0.25, 0.3) is 0 Å². The first kappa shape index (κ1) is 18.7. The molecule has 0 bridgehead atoms. The van der Waals surface area contributed by atoms with E-state index in [1.54, 1.807) is 24.1 Å². The molecule has 1 saturated heterocycles. The Morgan fingerprint density at radius 1 is 1.54 bits per heavy atom. The Morgan fingerprint density at radius 3 is 2.85 bits per heavy atom. The number of rotatable bonds is 5. The second kappa shape index (κ2) is 7.26. The number of benzene rings is 1. The number of halogens is 1. The van der Waals surface area contributed by atoms with E-state index < -0.39 is 6.23 Å². The summed E-state index contributed by atoms with van der Waals surface area (Å²) in [5.41, 5.74) is 7.79. The molecule has 0 aliphatic carbocycles. The van der Waals surface area contributed by atoms with E-state index in [-0.39, 0.29) is 18.0 Å². The van der Waals surface area contributed by atoms with Crippen LogP contribution in [0.25, 0.3) is 5.70 Å². The van der Waals surface area contributed by atoms with Gasteiger partial charge in [-0.2, -0.15) is 0 Å². The molecular formula is C18H23ClN4O3. The lowest BCUT2D eigenvalue weighted by Crippen LogP contribution is -2.61. The number of nitrogens with zero attached hydrogens (tertiary/aromatic N) is 2. The van der Waals surface area contributed by atoms with E-state index in [0.717, 1.165) is 5.56 Å². The number of nitrogens with two attached hydrogens (primary N) is 1. The van der Waals surface area contributed by atoms with Gasteiger partial charge in [0.2, 0.25) is 5.91 Å².